The second kappa shape index (κ2) is 5.43. The maximum Gasteiger partial charge on any atom is 0.0591 e. The van der Waals surface area contributed by atoms with Crippen LogP contribution in [-0.4, -0.2) is 0 Å². The van der Waals surface area contributed by atoms with E-state index >= 15 is 0 Å². The van der Waals surface area contributed by atoms with Gasteiger partial charge in [0.05, 0.1) is 11.4 Å². The lowest BCUT2D eigenvalue weighted by Crippen LogP contribution is -2.02. The van der Waals surface area contributed by atoms with Gasteiger partial charge in [0.25, 0.3) is 0 Å². The third kappa shape index (κ3) is 3.38. The molecule has 0 aliphatic heterocycles. The molecule has 0 atom stereocenters. The van der Waals surface area contributed by atoms with E-state index in [-0.39, 0.29) is 0 Å². The van der Waals surface area contributed by atoms with Gasteiger partial charge in [0.2, 0.25) is 0 Å². The predicted octanol–water partition coefficient (Wildman–Crippen LogP) is 4.30. The standard InChI is InChI=1S/C13H12BrClN2/c14-10-3-1-2-9(6-10)8-17-13-7-11(15)4-5-12(13)16/h1-7,17H,8,16H2. The van der Waals surface area contributed by atoms with E-state index in [1.54, 1.807) is 12.1 Å². The van der Waals surface area contributed by atoms with Gasteiger partial charge in [-0.15, -0.1) is 0 Å². The number of benzene rings is 2. The highest BCUT2D eigenvalue weighted by molar-refractivity contribution is 9.10. The minimum Gasteiger partial charge on any atom is -0.397 e. The molecule has 0 aliphatic rings. The van der Waals surface area contributed by atoms with E-state index in [4.69, 9.17) is 17.3 Å². The van der Waals surface area contributed by atoms with Gasteiger partial charge >= 0.3 is 0 Å². The Morgan fingerprint density at radius 2 is 2.00 bits per heavy atom. The molecule has 0 saturated heterocycles. The van der Waals surface area contributed by atoms with Gasteiger partial charge in [-0.3, -0.25) is 0 Å². The highest BCUT2D eigenvalue weighted by Gasteiger charge is 2.00. The predicted molar refractivity (Wildman–Crippen MR) is 77.3 cm³/mol. The van der Waals surface area contributed by atoms with Gasteiger partial charge in [0.1, 0.15) is 0 Å². The fourth-order valence-electron chi connectivity index (χ4n) is 1.53. The zero-order valence-electron chi connectivity index (χ0n) is 9.08. The number of nitrogen functional groups attached to an aromatic ring is 1. The summed E-state index contributed by atoms with van der Waals surface area (Å²) in [7, 11) is 0. The van der Waals surface area contributed by atoms with Crippen LogP contribution >= 0.6 is 27.5 Å². The molecule has 0 fully saturated rings. The van der Waals surface area contributed by atoms with E-state index in [0.717, 1.165) is 10.2 Å². The first-order valence-corrected chi connectivity index (χ1v) is 6.35. The normalized spacial score (nSPS) is 10.2. The van der Waals surface area contributed by atoms with Crippen LogP contribution in [0.3, 0.4) is 0 Å². The quantitative estimate of drug-likeness (QED) is 0.830. The van der Waals surface area contributed by atoms with Gasteiger partial charge in [-0.05, 0) is 35.9 Å². The number of rotatable bonds is 3. The minimum atomic E-state index is 0.677. The van der Waals surface area contributed by atoms with Gasteiger partial charge in [-0.1, -0.05) is 39.7 Å². The molecule has 17 heavy (non-hydrogen) atoms. The Hall–Kier alpha value is -1.19. The zero-order valence-corrected chi connectivity index (χ0v) is 11.4. The van der Waals surface area contributed by atoms with Crippen LogP contribution in [0.15, 0.2) is 46.9 Å². The zero-order chi connectivity index (χ0) is 12.3. The van der Waals surface area contributed by atoms with Crippen molar-refractivity contribution in [1.82, 2.24) is 0 Å². The molecule has 2 aromatic carbocycles. The minimum absolute atomic E-state index is 0.677. The molecule has 4 heteroatoms. The van der Waals surface area contributed by atoms with Crippen LogP contribution in [-0.2, 0) is 6.54 Å². The smallest absolute Gasteiger partial charge is 0.0591 e. The van der Waals surface area contributed by atoms with Gasteiger partial charge in [0, 0.05) is 16.0 Å². The van der Waals surface area contributed by atoms with E-state index in [0.29, 0.717) is 17.3 Å². The number of nitrogens with one attached hydrogen (secondary N) is 1. The molecule has 2 aromatic rings. The second-order valence-corrected chi connectivity index (χ2v) is 5.07. The number of anilines is 2. The van der Waals surface area contributed by atoms with Crippen LogP contribution in [0.2, 0.25) is 5.02 Å². The van der Waals surface area contributed by atoms with Crippen molar-refractivity contribution in [3.8, 4) is 0 Å². The number of halogens is 2. The molecule has 0 heterocycles. The average molecular weight is 312 g/mol. The fourth-order valence-corrected chi connectivity index (χ4v) is 2.14. The van der Waals surface area contributed by atoms with E-state index in [1.165, 1.54) is 5.56 Å². The monoisotopic (exact) mass is 310 g/mol. The highest BCUT2D eigenvalue weighted by Crippen LogP contribution is 2.23. The highest BCUT2D eigenvalue weighted by atomic mass is 79.9. The summed E-state index contributed by atoms with van der Waals surface area (Å²) in [6, 6.07) is 13.5. The lowest BCUT2D eigenvalue weighted by molar-refractivity contribution is 1.15. The first-order valence-electron chi connectivity index (χ1n) is 5.18. The van der Waals surface area contributed by atoms with Crippen molar-refractivity contribution in [2.75, 3.05) is 11.1 Å². The van der Waals surface area contributed by atoms with Crippen LogP contribution in [0.25, 0.3) is 0 Å². The molecule has 2 nitrogen and oxygen atoms in total. The topological polar surface area (TPSA) is 38.0 Å². The fraction of sp³-hybridized carbons (Fsp3) is 0.0769. The summed E-state index contributed by atoms with van der Waals surface area (Å²) in [6.07, 6.45) is 0. The second-order valence-electron chi connectivity index (χ2n) is 3.72. The summed E-state index contributed by atoms with van der Waals surface area (Å²) in [6.45, 7) is 0.712. The SMILES string of the molecule is Nc1ccc(Cl)cc1NCc1cccc(Br)c1. The van der Waals surface area contributed by atoms with Crippen LogP contribution in [0.5, 0.6) is 0 Å². The van der Waals surface area contributed by atoms with E-state index in [9.17, 15) is 0 Å². The summed E-state index contributed by atoms with van der Waals surface area (Å²) in [4.78, 5) is 0. The first kappa shape index (κ1) is 12.3. The summed E-state index contributed by atoms with van der Waals surface area (Å²) in [5, 5.41) is 3.94. The Kier molecular flexibility index (Phi) is 3.92. The molecule has 0 bridgehead atoms. The molecule has 0 amide bonds. The van der Waals surface area contributed by atoms with Crippen molar-refractivity contribution < 1.29 is 0 Å². The van der Waals surface area contributed by atoms with Crippen molar-refractivity contribution >= 4 is 38.9 Å². The van der Waals surface area contributed by atoms with Crippen molar-refractivity contribution in [3.05, 3.63) is 57.5 Å². The Morgan fingerprint density at radius 1 is 1.18 bits per heavy atom. The van der Waals surface area contributed by atoms with E-state index < -0.39 is 0 Å². The molecular weight excluding hydrogens is 300 g/mol. The molecule has 0 spiro atoms. The third-order valence-electron chi connectivity index (χ3n) is 2.39. The van der Waals surface area contributed by atoms with Crippen LogP contribution in [0, 0.1) is 0 Å². The van der Waals surface area contributed by atoms with Crippen molar-refractivity contribution in [3.63, 3.8) is 0 Å². The molecule has 2 rings (SSSR count). The molecular formula is C13H12BrClN2. The summed E-state index contributed by atoms with van der Waals surface area (Å²) in [5.74, 6) is 0. The van der Waals surface area contributed by atoms with E-state index in [2.05, 4.69) is 33.4 Å². The van der Waals surface area contributed by atoms with Crippen molar-refractivity contribution in [2.24, 2.45) is 0 Å². The van der Waals surface area contributed by atoms with Crippen LogP contribution in [0.4, 0.5) is 11.4 Å². The summed E-state index contributed by atoms with van der Waals surface area (Å²) in [5.41, 5.74) is 8.59. The lowest BCUT2D eigenvalue weighted by Gasteiger charge is -2.10. The van der Waals surface area contributed by atoms with Gasteiger partial charge < -0.3 is 11.1 Å². The Morgan fingerprint density at radius 3 is 2.76 bits per heavy atom. The molecule has 88 valence electrons. The average Bonchev–Trinajstić information content (AvgIpc) is 2.30. The Bertz CT molecular complexity index is 529. The molecule has 3 N–H and O–H groups in total. The molecule has 0 radical (unpaired) electrons. The Labute approximate surface area is 114 Å². The lowest BCUT2D eigenvalue weighted by atomic mass is 10.2. The van der Waals surface area contributed by atoms with E-state index in [1.807, 2.05) is 18.2 Å². The van der Waals surface area contributed by atoms with Gasteiger partial charge in [0.15, 0.2) is 0 Å². The van der Waals surface area contributed by atoms with Crippen molar-refractivity contribution in [2.45, 2.75) is 6.54 Å². The Balaban J connectivity index is 2.09. The first-order chi connectivity index (χ1) is 8.15. The molecule has 0 unspecified atom stereocenters. The maximum absolute atomic E-state index is 5.92. The third-order valence-corrected chi connectivity index (χ3v) is 3.12. The van der Waals surface area contributed by atoms with Gasteiger partial charge in [-0.25, -0.2) is 0 Å². The summed E-state index contributed by atoms with van der Waals surface area (Å²) < 4.78 is 1.07. The van der Waals surface area contributed by atoms with Crippen LogP contribution < -0.4 is 11.1 Å². The number of hydrogen-bond donors (Lipinski definition) is 2. The largest absolute Gasteiger partial charge is 0.397 e. The van der Waals surface area contributed by atoms with Crippen LogP contribution in [0.1, 0.15) is 5.56 Å². The van der Waals surface area contributed by atoms with Crippen molar-refractivity contribution in [1.29, 1.82) is 0 Å². The maximum atomic E-state index is 5.92. The molecule has 0 saturated carbocycles. The number of hydrogen-bond acceptors (Lipinski definition) is 2. The molecule has 0 aromatic heterocycles. The summed E-state index contributed by atoms with van der Waals surface area (Å²) >= 11 is 9.36. The number of nitrogens with two attached hydrogens (primary N) is 1. The van der Waals surface area contributed by atoms with Gasteiger partial charge in [-0.2, -0.15) is 0 Å². The molecule has 0 aliphatic carbocycles.